The SMILES string of the molecule is COc1ccccc1C(=O)Nc1ccc(OC(=O)Cn2ccc(=O)[nH]c2=O)cc1. The Kier molecular flexibility index (Phi) is 5.88. The number of benzene rings is 2. The number of carbonyl (C=O) groups is 2. The molecular weight excluding hydrogens is 378 g/mol. The quantitative estimate of drug-likeness (QED) is 0.481. The van der Waals surface area contributed by atoms with E-state index >= 15 is 0 Å². The Hall–Kier alpha value is -4.14. The maximum Gasteiger partial charge on any atom is 0.331 e. The van der Waals surface area contributed by atoms with E-state index in [1.54, 1.807) is 36.4 Å². The Labute approximate surface area is 164 Å². The molecule has 0 unspecified atom stereocenters. The molecule has 1 heterocycles. The summed E-state index contributed by atoms with van der Waals surface area (Å²) in [6, 6.07) is 14.1. The van der Waals surface area contributed by atoms with Crippen molar-refractivity contribution in [2.45, 2.75) is 6.54 Å². The number of hydrogen-bond donors (Lipinski definition) is 2. The van der Waals surface area contributed by atoms with Gasteiger partial charge in [-0.05, 0) is 36.4 Å². The first-order chi connectivity index (χ1) is 14.0. The molecule has 0 aliphatic carbocycles. The number of nitrogens with zero attached hydrogens (tertiary/aromatic N) is 1. The van der Waals surface area contributed by atoms with Crippen molar-refractivity contribution < 1.29 is 19.1 Å². The third kappa shape index (κ3) is 4.98. The van der Waals surface area contributed by atoms with E-state index in [4.69, 9.17) is 9.47 Å². The highest BCUT2D eigenvalue weighted by Crippen LogP contribution is 2.20. The molecule has 29 heavy (non-hydrogen) atoms. The van der Waals surface area contributed by atoms with Gasteiger partial charge in [0.1, 0.15) is 18.0 Å². The highest BCUT2D eigenvalue weighted by atomic mass is 16.5. The predicted octanol–water partition coefficient (Wildman–Crippen LogP) is 1.40. The van der Waals surface area contributed by atoms with Crippen molar-refractivity contribution in [3.63, 3.8) is 0 Å². The average molecular weight is 395 g/mol. The summed E-state index contributed by atoms with van der Waals surface area (Å²) in [4.78, 5) is 49.0. The third-order valence-corrected chi connectivity index (χ3v) is 3.89. The van der Waals surface area contributed by atoms with Crippen LogP contribution in [0.4, 0.5) is 5.69 Å². The van der Waals surface area contributed by atoms with E-state index in [0.717, 1.165) is 10.6 Å². The molecule has 0 bridgehead atoms. The molecule has 0 aliphatic rings. The van der Waals surface area contributed by atoms with E-state index in [1.165, 1.54) is 25.4 Å². The number of hydrogen-bond acceptors (Lipinski definition) is 6. The number of carbonyl (C=O) groups excluding carboxylic acids is 2. The van der Waals surface area contributed by atoms with Crippen LogP contribution in [0, 0.1) is 0 Å². The first kappa shape index (κ1) is 19.6. The zero-order valence-electron chi connectivity index (χ0n) is 15.4. The van der Waals surface area contributed by atoms with Crippen molar-refractivity contribution in [1.29, 1.82) is 0 Å². The molecule has 9 heteroatoms. The molecular formula is C20H17N3O6. The van der Waals surface area contributed by atoms with Crippen molar-refractivity contribution in [1.82, 2.24) is 9.55 Å². The Bertz CT molecular complexity index is 1150. The summed E-state index contributed by atoms with van der Waals surface area (Å²) in [5.74, 6) is -0.342. The van der Waals surface area contributed by atoms with Gasteiger partial charge in [-0.25, -0.2) is 9.59 Å². The predicted molar refractivity (Wildman–Crippen MR) is 104 cm³/mol. The third-order valence-electron chi connectivity index (χ3n) is 3.89. The molecule has 0 spiro atoms. The van der Waals surface area contributed by atoms with Gasteiger partial charge in [-0.1, -0.05) is 12.1 Å². The number of methoxy groups -OCH3 is 1. The van der Waals surface area contributed by atoms with E-state index in [-0.39, 0.29) is 18.2 Å². The highest BCUT2D eigenvalue weighted by Gasteiger charge is 2.12. The average Bonchev–Trinajstić information content (AvgIpc) is 2.71. The van der Waals surface area contributed by atoms with Crippen LogP contribution in [0.1, 0.15) is 10.4 Å². The van der Waals surface area contributed by atoms with Crippen LogP contribution in [0.25, 0.3) is 0 Å². The van der Waals surface area contributed by atoms with Gasteiger partial charge < -0.3 is 14.8 Å². The van der Waals surface area contributed by atoms with Gasteiger partial charge in [0.15, 0.2) is 0 Å². The lowest BCUT2D eigenvalue weighted by atomic mass is 10.2. The molecule has 0 aliphatic heterocycles. The van der Waals surface area contributed by atoms with Gasteiger partial charge in [-0.3, -0.25) is 19.1 Å². The summed E-state index contributed by atoms with van der Waals surface area (Å²) < 4.78 is 11.3. The first-order valence-electron chi connectivity index (χ1n) is 8.51. The molecule has 0 fully saturated rings. The monoisotopic (exact) mass is 395 g/mol. The zero-order valence-corrected chi connectivity index (χ0v) is 15.4. The van der Waals surface area contributed by atoms with Gasteiger partial charge in [0.05, 0.1) is 12.7 Å². The molecule has 2 N–H and O–H groups in total. The van der Waals surface area contributed by atoms with Crippen molar-refractivity contribution in [3.05, 3.63) is 87.2 Å². The van der Waals surface area contributed by atoms with E-state index in [2.05, 4.69) is 10.3 Å². The largest absolute Gasteiger partial charge is 0.496 e. The highest BCUT2D eigenvalue weighted by molar-refractivity contribution is 6.06. The second kappa shape index (κ2) is 8.70. The molecule has 1 amide bonds. The summed E-state index contributed by atoms with van der Waals surface area (Å²) in [5.41, 5.74) is -0.372. The van der Waals surface area contributed by atoms with E-state index in [9.17, 15) is 19.2 Å². The van der Waals surface area contributed by atoms with Gasteiger partial charge in [0.2, 0.25) is 0 Å². The molecule has 3 rings (SSSR count). The fourth-order valence-corrected chi connectivity index (χ4v) is 2.51. The fraction of sp³-hybridized carbons (Fsp3) is 0.100. The van der Waals surface area contributed by atoms with Crippen LogP contribution in [0.2, 0.25) is 0 Å². The minimum atomic E-state index is -0.705. The Morgan fingerprint density at radius 3 is 2.45 bits per heavy atom. The smallest absolute Gasteiger partial charge is 0.331 e. The topological polar surface area (TPSA) is 119 Å². The number of amides is 1. The summed E-state index contributed by atoms with van der Waals surface area (Å²) in [6.07, 6.45) is 1.21. The minimum Gasteiger partial charge on any atom is -0.496 e. The molecule has 9 nitrogen and oxygen atoms in total. The van der Waals surface area contributed by atoms with Crippen molar-refractivity contribution in [2.75, 3.05) is 12.4 Å². The number of para-hydroxylation sites is 1. The van der Waals surface area contributed by atoms with Crippen LogP contribution in [0.5, 0.6) is 11.5 Å². The second-order valence-corrected chi connectivity index (χ2v) is 5.89. The van der Waals surface area contributed by atoms with Gasteiger partial charge in [0.25, 0.3) is 11.5 Å². The van der Waals surface area contributed by atoms with E-state index in [0.29, 0.717) is 17.0 Å². The summed E-state index contributed by atoms with van der Waals surface area (Å²) in [6.45, 7) is -0.359. The number of ether oxygens (including phenoxy) is 2. The molecule has 0 saturated heterocycles. The van der Waals surface area contributed by atoms with Gasteiger partial charge in [-0.2, -0.15) is 0 Å². The molecule has 0 atom stereocenters. The van der Waals surface area contributed by atoms with Crippen molar-refractivity contribution in [3.8, 4) is 11.5 Å². The minimum absolute atomic E-state index is 0.239. The summed E-state index contributed by atoms with van der Waals surface area (Å²) in [5, 5.41) is 2.73. The van der Waals surface area contributed by atoms with E-state index < -0.39 is 17.2 Å². The van der Waals surface area contributed by atoms with Crippen molar-refractivity contribution in [2.24, 2.45) is 0 Å². The summed E-state index contributed by atoms with van der Waals surface area (Å²) in [7, 11) is 1.48. The standard InChI is InChI=1S/C20H17N3O6/c1-28-16-5-3-2-4-15(16)19(26)21-13-6-8-14(9-7-13)29-18(25)12-23-11-10-17(24)22-20(23)27/h2-11H,12H2,1H3,(H,21,26)(H,22,24,27). The van der Waals surface area contributed by atoms with Crippen LogP contribution in [0.15, 0.2) is 70.4 Å². The number of nitrogens with one attached hydrogen (secondary N) is 2. The maximum absolute atomic E-state index is 12.4. The molecule has 3 aromatic rings. The van der Waals surface area contributed by atoms with Crippen LogP contribution in [-0.2, 0) is 11.3 Å². The Morgan fingerprint density at radius 1 is 1.03 bits per heavy atom. The summed E-state index contributed by atoms with van der Waals surface area (Å²) >= 11 is 0. The number of rotatable bonds is 6. The van der Waals surface area contributed by atoms with Gasteiger partial charge >= 0.3 is 11.7 Å². The van der Waals surface area contributed by atoms with Crippen LogP contribution >= 0.6 is 0 Å². The number of H-pyrrole nitrogens is 1. The molecule has 0 radical (unpaired) electrons. The van der Waals surface area contributed by atoms with Crippen LogP contribution < -0.4 is 26.0 Å². The number of esters is 1. The Balaban J connectivity index is 1.62. The lowest BCUT2D eigenvalue weighted by molar-refractivity contribution is -0.135. The van der Waals surface area contributed by atoms with Gasteiger partial charge in [0, 0.05) is 18.0 Å². The normalized spacial score (nSPS) is 10.2. The first-order valence-corrected chi connectivity index (χ1v) is 8.51. The van der Waals surface area contributed by atoms with Crippen LogP contribution in [-0.4, -0.2) is 28.5 Å². The molecule has 148 valence electrons. The molecule has 0 saturated carbocycles. The number of aromatic nitrogens is 2. The lowest BCUT2D eigenvalue weighted by Gasteiger charge is -2.10. The second-order valence-electron chi connectivity index (χ2n) is 5.89. The van der Waals surface area contributed by atoms with Crippen LogP contribution in [0.3, 0.4) is 0 Å². The lowest BCUT2D eigenvalue weighted by Crippen LogP contribution is -2.32. The zero-order chi connectivity index (χ0) is 20.8. The van der Waals surface area contributed by atoms with Crippen molar-refractivity contribution >= 4 is 17.6 Å². The maximum atomic E-state index is 12.4. The molecule has 2 aromatic carbocycles. The number of anilines is 1. The van der Waals surface area contributed by atoms with Gasteiger partial charge in [-0.15, -0.1) is 0 Å². The molecule has 1 aromatic heterocycles. The number of aromatic amines is 1. The fourth-order valence-electron chi connectivity index (χ4n) is 2.51. The van der Waals surface area contributed by atoms with E-state index in [1.807, 2.05) is 0 Å². The Morgan fingerprint density at radius 2 is 1.76 bits per heavy atom.